The normalized spacial score (nSPS) is 11.3. The molecule has 3 aromatic rings. The van der Waals surface area contributed by atoms with E-state index in [9.17, 15) is 18.3 Å². The fraction of sp³-hybridized carbons (Fsp3) is 0.208. The average molecular weight is 455 g/mol. The second kappa shape index (κ2) is 10.3. The first-order chi connectivity index (χ1) is 15.4. The van der Waals surface area contributed by atoms with E-state index >= 15 is 0 Å². The van der Waals surface area contributed by atoms with Crippen LogP contribution in [-0.4, -0.2) is 36.8 Å². The second-order valence-electron chi connectivity index (χ2n) is 6.98. The molecule has 2 N–H and O–H groups in total. The largest absolute Gasteiger partial charge is 0.506 e. The highest BCUT2D eigenvalue weighted by molar-refractivity contribution is 7.89. The number of anilines is 1. The van der Waals surface area contributed by atoms with Crippen molar-refractivity contribution in [1.82, 2.24) is 4.31 Å². The van der Waals surface area contributed by atoms with Gasteiger partial charge in [0.15, 0.2) is 0 Å². The summed E-state index contributed by atoms with van der Waals surface area (Å²) >= 11 is 0. The first kappa shape index (κ1) is 23.3. The van der Waals surface area contributed by atoms with Gasteiger partial charge < -0.3 is 15.2 Å². The Kier molecular flexibility index (Phi) is 7.50. The van der Waals surface area contributed by atoms with Gasteiger partial charge >= 0.3 is 0 Å². The summed E-state index contributed by atoms with van der Waals surface area (Å²) < 4.78 is 32.7. The van der Waals surface area contributed by atoms with Crippen LogP contribution >= 0.6 is 0 Å². The van der Waals surface area contributed by atoms with Gasteiger partial charge in [-0.25, -0.2) is 8.42 Å². The maximum absolute atomic E-state index is 13.0. The molecule has 0 saturated heterocycles. The fourth-order valence-corrected chi connectivity index (χ4v) is 4.71. The minimum Gasteiger partial charge on any atom is -0.506 e. The van der Waals surface area contributed by atoms with E-state index < -0.39 is 15.9 Å². The van der Waals surface area contributed by atoms with E-state index in [-0.39, 0.29) is 22.9 Å². The summed E-state index contributed by atoms with van der Waals surface area (Å²) in [5.74, 6) is -0.0329. The molecule has 3 rings (SSSR count). The molecule has 0 aliphatic carbocycles. The van der Waals surface area contributed by atoms with Gasteiger partial charge in [0.1, 0.15) is 18.1 Å². The predicted octanol–water partition coefficient (Wildman–Crippen LogP) is 4.25. The Morgan fingerprint density at radius 3 is 2.31 bits per heavy atom. The van der Waals surface area contributed by atoms with Crippen LogP contribution in [0.15, 0.2) is 77.7 Å². The maximum atomic E-state index is 13.0. The van der Waals surface area contributed by atoms with Gasteiger partial charge in [0.25, 0.3) is 5.91 Å². The lowest BCUT2D eigenvalue weighted by Crippen LogP contribution is -2.30. The van der Waals surface area contributed by atoms with Gasteiger partial charge in [0, 0.05) is 24.2 Å². The Morgan fingerprint density at radius 2 is 1.62 bits per heavy atom. The third-order valence-corrected chi connectivity index (χ3v) is 7.00. The predicted molar refractivity (Wildman–Crippen MR) is 123 cm³/mol. The molecule has 0 aliphatic rings. The molecule has 0 heterocycles. The average Bonchev–Trinajstić information content (AvgIpc) is 2.80. The maximum Gasteiger partial charge on any atom is 0.256 e. The SMILES string of the molecule is CCN(CC)S(=O)(=O)c1ccc(O)c(NC(=O)c2ccccc2COc2ccccc2)c1. The van der Waals surface area contributed by atoms with Crippen molar-refractivity contribution in [2.75, 3.05) is 18.4 Å². The van der Waals surface area contributed by atoms with Gasteiger partial charge in [-0.2, -0.15) is 4.31 Å². The number of benzene rings is 3. The molecule has 0 radical (unpaired) electrons. The zero-order chi connectivity index (χ0) is 23.1. The monoisotopic (exact) mass is 454 g/mol. The minimum atomic E-state index is -3.74. The van der Waals surface area contributed by atoms with Crippen LogP contribution in [0.4, 0.5) is 5.69 Å². The zero-order valence-electron chi connectivity index (χ0n) is 18.0. The Balaban J connectivity index is 1.83. The van der Waals surface area contributed by atoms with Crippen molar-refractivity contribution in [1.29, 1.82) is 0 Å². The lowest BCUT2D eigenvalue weighted by molar-refractivity contribution is 0.102. The van der Waals surface area contributed by atoms with Crippen molar-refractivity contribution < 1.29 is 23.1 Å². The number of phenols is 1. The molecule has 168 valence electrons. The van der Waals surface area contributed by atoms with E-state index in [4.69, 9.17) is 4.74 Å². The van der Waals surface area contributed by atoms with Crippen molar-refractivity contribution in [2.45, 2.75) is 25.3 Å². The third kappa shape index (κ3) is 5.27. The number of rotatable bonds is 9. The fourth-order valence-electron chi connectivity index (χ4n) is 3.22. The summed E-state index contributed by atoms with van der Waals surface area (Å²) in [6.45, 7) is 4.31. The van der Waals surface area contributed by atoms with Gasteiger partial charge in [-0.3, -0.25) is 4.79 Å². The third-order valence-electron chi connectivity index (χ3n) is 4.96. The highest BCUT2D eigenvalue weighted by atomic mass is 32.2. The van der Waals surface area contributed by atoms with Crippen LogP contribution in [0.25, 0.3) is 0 Å². The molecule has 32 heavy (non-hydrogen) atoms. The topological polar surface area (TPSA) is 95.9 Å². The van der Waals surface area contributed by atoms with Crippen LogP contribution in [0.5, 0.6) is 11.5 Å². The van der Waals surface area contributed by atoms with Crippen LogP contribution in [0.3, 0.4) is 0 Å². The number of carbonyl (C=O) groups excluding carboxylic acids is 1. The van der Waals surface area contributed by atoms with Crippen LogP contribution in [0.1, 0.15) is 29.8 Å². The Hall–Kier alpha value is -3.36. The van der Waals surface area contributed by atoms with Crippen molar-refractivity contribution >= 4 is 21.6 Å². The lowest BCUT2D eigenvalue weighted by atomic mass is 10.1. The standard InChI is InChI=1S/C24H26N2O5S/c1-3-26(4-2)32(29,30)20-14-15-23(27)22(16-20)25-24(28)21-13-9-8-10-18(21)17-31-19-11-6-5-7-12-19/h5-16,27H,3-4,17H2,1-2H3,(H,25,28). The van der Waals surface area contributed by atoms with E-state index in [0.29, 0.717) is 30.0 Å². The lowest BCUT2D eigenvalue weighted by Gasteiger charge is -2.19. The summed E-state index contributed by atoms with van der Waals surface area (Å²) in [5, 5.41) is 12.8. The second-order valence-corrected chi connectivity index (χ2v) is 8.92. The van der Waals surface area contributed by atoms with E-state index in [2.05, 4.69) is 5.32 Å². The minimum absolute atomic E-state index is 0.00463. The summed E-state index contributed by atoms with van der Waals surface area (Å²) in [6, 6.07) is 20.0. The van der Waals surface area contributed by atoms with Gasteiger partial charge in [-0.15, -0.1) is 0 Å². The smallest absolute Gasteiger partial charge is 0.256 e. The van der Waals surface area contributed by atoms with Crippen LogP contribution in [0, 0.1) is 0 Å². The molecule has 8 heteroatoms. The number of ether oxygens (including phenoxy) is 1. The van der Waals surface area contributed by atoms with Crippen LogP contribution in [0.2, 0.25) is 0 Å². The number of nitrogens with one attached hydrogen (secondary N) is 1. The number of aromatic hydroxyl groups is 1. The van der Waals surface area contributed by atoms with Gasteiger partial charge in [0.2, 0.25) is 10.0 Å². The first-order valence-electron chi connectivity index (χ1n) is 10.3. The number of nitrogens with zero attached hydrogens (tertiary/aromatic N) is 1. The molecule has 0 unspecified atom stereocenters. The summed E-state index contributed by atoms with van der Waals surface area (Å²) in [7, 11) is -3.74. The molecule has 0 aliphatic heterocycles. The van der Waals surface area contributed by atoms with Gasteiger partial charge in [-0.1, -0.05) is 50.2 Å². The Morgan fingerprint density at radius 1 is 0.969 bits per heavy atom. The molecule has 0 bridgehead atoms. The van der Waals surface area contributed by atoms with E-state index in [1.165, 1.54) is 22.5 Å². The number of hydrogen-bond donors (Lipinski definition) is 2. The molecular formula is C24H26N2O5S. The number of para-hydroxylation sites is 1. The van der Waals surface area contributed by atoms with E-state index in [1.807, 2.05) is 30.3 Å². The summed E-state index contributed by atoms with van der Waals surface area (Å²) in [5.41, 5.74) is 1.03. The zero-order valence-corrected chi connectivity index (χ0v) is 18.8. The van der Waals surface area contributed by atoms with Gasteiger partial charge in [-0.05, 0) is 36.4 Å². The number of phenolic OH excluding ortho intramolecular Hbond substituents is 1. The quantitative estimate of drug-likeness (QED) is 0.471. The molecule has 0 atom stereocenters. The molecule has 1 amide bonds. The molecule has 3 aromatic carbocycles. The molecule has 0 saturated carbocycles. The van der Waals surface area contributed by atoms with Crippen LogP contribution < -0.4 is 10.1 Å². The number of sulfonamides is 1. The highest BCUT2D eigenvalue weighted by Crippen LogP contribution is 2.29. The Labute approximate surface area is 188 Å². The summed E-state index contributed by atoms with van der Waals surface area (Å²) in [6.07, 6.45) is 0. The number of hydrogen-bond acceptors (Lipinski definition) is 5. The summed E-state index contributed by atoms with van der Waals surface area (Å²) in [4.78, 5) is 13.0. The van der Waals surface area contributed by atoms with E-state index in [1.54, 1.807) is 38.1 Å². The van der Waals surface area contributed by atoms with Crippen LogP contribution in [-0.2, 0) is 16.6 Å². The van der Waals surface area contributed by atoms with E-state index in [0.717, 1.165) is 0 Å². The van der Waals surface area contributed by atoms with Crippen molar-refractivity contribution in [2.24, 2.45) is 0 Å². The number of amides is 1. The van der Waals surface area contributed by atoms with Gasteiger partial charge in [0.05, 0.1) is 10.6 Å². The molecule has 0 fully saturated rings. The van der Waals surface area contributed by atoms with Crippen molar-refractivity contribution in [3.63, 3.8) is 0 Å². The van der Waals surface area contributed by atoms with Crippen molar-refractivity contribution in [3.8, 4) is 11.5 Å². The Bertz CT molecular complexity index is 1180. The molecule has 7 nitrogen and oxygen atoms in total. The molecule has 0 spiro atoms. The first-order valence-corrected chi connectivity index (χ1v) is 11.7. The van der Waals surface area contributed by atoms with Crippen molar-refractivity contribution in [3.05, 3.63) is 83.9 Å². The molecular weight excluding hydrogens is 428 g/mol. The molecule has 0 aromatic heterocycles. The highest BCUT2D eigenvalue weighted by Gasteiger charge is 2.23. The number of carbonyl (C=O) groups is 1.